The fourth-order valence-corrected chi connectivity index (χ4v) is 2.89. The molecule has 2 rings (SSSR count). The topological polar surface area (TPSA) is 67.8 Å². The molecular formula is C11H9BrFN3O2S. The van der Waals surface area contributed by atoms with Gasteiger partial charge in [0.2, 0.25) is 0 Å². The summed E-state index contributed by atoms with van der Waals surface area (Å²) in [5.41, 5.74) is -0.858. The molecule has 0 aliphatic heterocycles. The summed E-state index contributed by atoms with van der Waals surface area (Å²) < 4.78 is 15.1. The Morgan fingerprint density at radius 3 is 2.95 bits per heavy atom. The highest BCUT2D eigenvalue weighted by atomic mass is 79.9. The number of benzene rings is 1. The molecule has 100 valence electrons. The Hall–Kier alpha value is -1.41. The third-order valence-electron chi connectivity index (χ3n) is 2.34. The minimum Gasteiger partial charge on any atom is -0.265 e. The summed E-state index contributed by atoms with van der Waals surface area (Å²) in [5.74, 6) is 0.0754. The Kier molecular flexibility index (Phi) is 4.20. The van der Waals surface area contributed by atoms with E-state index in [0.29, 0.717) is 15.4 Å². The average molecular weight is 346 g/mol. The van der Waals surface area contributed by atoms with Crippen LogP contribution in [-0.2, 0) is 12.8 Å². The van der Waals surface area contributed by atoms with Crippen LogP contribution >= 0.6 is 27.7 Å². The zero-order valence-corrected chi connectivity index (χ0v) is 12.2. The molecule has 8 heteroatoms. The van der Waals surface area contributed by atoms with Crippen molar-refractivity contribution in [2.24, 2.45) is 7.05 Å². The van der Waals surface area contributed by atoms with Crippen LogP contribution in [0.5, 0.6) is 0 Å². The van der Waals surface area contributed by atoms with E-state index in [2.05, 4.69) is 26.0 Å². The molecule has 0 fully saturated rings. The summed E-state index contributed by atoms with van der Waals surface area (Å²) in [7, 11) is 1.58. The van der Waals surface area contributed by atoms with Crippen molar-refractivity contribution in [3.63, 3.8) is 0 Å². The first kappa shape index (κ1) is 14.0. The van der Waals surface area contributed by atoms with Gasteiger partial charge in [0.15, 0.2) is 5.16 Å². The Labute approximate surface area is 120 Å². The van der Waals surface area contributed by atoms with E-state index in [1.54, 1.807) is 19.2 Å². The molecule has 0 atom stereocenters. The van der Waals surface area contributed by atoms with Crippen LogP contribution in [0.4, 0.5) is 4.39 Å². The van der Waals surface area contributed by atoms with Gasteiger partial charge in [0.25, 0.3) is 0 Å². The lowest BCUT2D eigenvalue weighted by molar-refractivity contribution is 0.596. The molecular weight excluding hydrogens is 337 g/mol. The largest absolute Gasteiger partial charge is 0.339 e. The molecule has 0 aliphatic rings. The van der Waals surface area contributed by atoms with Crippen molar-refractivity contribution >= 4 is 27.7 Å². The normalized spacial score (nSPS) is 10.7. The van der Waals surface area contributed by atoms with Crippen LogP contribution in [0, 0.1) is 5.82 Å². The quantitative estimate of drug-likeness (QED) is 0.678. The van der Waals surface area contributed by atoms with Crippen LogP contribution < -0.4 is 11.1 Å². The molecule has 2 aromatic rings. The van der Waals surface area contributed by atoms with Gasteiger partial charge in [0.05, 0.1) is 4.47 Å². The van der Waals surface area contributed by atoms with Crippen molar-refractivity contribution < 1.29 is 4.39 Å². The van der Waals surface area contributed by atoms with Crippen LogP contribution in [0.3, 0.4) is 0 Å². The zero-order valence-electron chi connectivity index (χ0n) is 9.81. The Bertz CT molecular complexity index is 729. The van der Waals surface area contributed by atoms with Gasteiger partial charge >= 0.3 is 11.1 Å². The van der Waals surface area contributed by atoms with Gasteiger partial charge in [-0.05, 0) is 27.6 Å². The lowest BCUT2D eigenvalue weighted by atomic mass is 10.2. The highest BCUT2D eigenvalue weighted by Gasteiger charge is 2.08. The van der Waals surface area contributed by atoms with E-state index >= 15 is 0 Å². The van der Waals surface area contributed by atoms with Gasteiger partial charge in [0, 0.05) is 12.8 Å². The maximum Gasteiger partial charge on any atom is 0.339 e. The summed E-state index contributed by atoms with van der Waals surface area (Å²) in [4.78, 5) is 25.9. The van der Waals surface area contributed by atoms with Crippen molar-refractivity contribution in [3.8, 4) is 0 Å². The van der Waals surface area contributed by atoms with Crippen LogP contribution in [0.2, 0.25) is 0 Å². The van der Waals surface area contributed by atoms with E-state index in [9.17, 15) is 14.0 Å². The maximum atomic E-state index is 13.3. The van der Waals surface area contributed by atoms with E-state index in [-0.39, 0.29) is 5.82 Å². The van der Waals surface area contributed by atoms with Crippen molar-refractivity contribution in [3.05, 3.63) is 54.8 Å². The van der Waals surface area contributed by atoms with Crippen molar-refractivity contribution in [2.75, 3.05) is 0 Å². The number of H-pyrrole nitrogens is 1. The smallest absolute Gasteiger partial charge is 0.265 e. The fraction of sp³-hybridized carbons (Fsp3) is 0.182. The molecule has 0 amide bonds. The number of thioether (sulfide) groups is 1. The minimum atomic E-state index is -0.834. The van der Waals surface area contributed by atoms with E-state index in [4.69, 9.17) is 0 Å². The van der Waals surface area contributed by atoms with Crippen molar-refractivity contribution in [2.45, 2.75) is 10.9 Å². The lowest BCUT2D eigenvalue weighted by Crippen LogP contribution is -2.33. The first-order valence-corrected chi connectivity index (χ1v) is 7.00. The summed E-state index contributed by atoms with van der Waals surface area (Å²) in [6, 6.07) is 4.73. The van der Waals surface area contributed by atoms with Gasteiger partial charge in [-0.15, -0.1) is 0 Å². The van der Waals surface area contributed by atoms with Gasteiger partial charge in [-0.3, -0.25) is 19.4 Å². The van der Waals surface area contributed by atoms with E-state index in [1.165, 1.54) is 22.5 Å². The lowest BCUT2D eigenvalue weighted by Gasteiger charge is -2.07. The van der Waals surface area contributed by atoms with Crippen molar-refractivity contribution in [1.82, 2.24) is 14.8 Å². The average Bonchev–Trinajstić information content (AvgIpc) is 2.37. The van der Waals surface area contributed by atoms with Gasteiger partial charge in [0.1, 0.15) is 5.82 Å². The van der Waals surface area contributed by atoms with Crippen LogP contribution in [0.15, 0.2) is 37.4 Å². The second kappa shape index (κ2) is 5.70. The predicted molar refractivity (Wildman–Crippen MR) is 73.8 cm³/mol. The summed E-state index contributed by atoms with van der Waals surface area (Å²) >= 11 is 4.39. The predicted octanol–water partition coefficient (Wildman–Crippen LogP) is 1.66. The van der Waals surface area contributed by atoms with Crippen LogP contribution in [0.25, 0.3) is 0 Å². The summed E-state index contributed by atoms with van der Waals surface area (Å²) in [5, 5.41) is 2.71. The first-order chi connectivity index (χ1) is 8.99. The highest BCUT2D eigenvalue weighted by molar-refractivity contribution is 9.10. The molecule has 0 bridgehead atoms. The van der Waals surface area contributed by atoms with Crippen molar-refractivity contribution in [1.29, 1.82) is 0 Å². The molecule has 1 aromatic carbocycles. The maximum absolute atomic E-state index is 13.3. The molecule has 19 heavy (non-hydrogen) atoms. The Morgan fingerprint density at radius 1 is 1.47 bits per heavy atom. The van der Waals surface area contributed by atoms with E-state index in [0.717, 1.165) is 5.56 Å². The number of nitrogens with zero attached hydrogens (tertiary/aromatic N) is 2. The summed E-state index contributed by atoms with van der Waals surface area (Å²) in [6.45, 7) is 0. The molecule has 0 radical (unpaired) electrons. The second-order valence-electron chi connectivity index (χ2n) is 3.70. The standard InChI is InChI=1S/C11H9BrFN3O2S/c1-16-11(14-9(17)10(18)15-16)19-5-6-3-2-4-7(13)8(6)12/h2-4H,5H2,1H3,(H,15,18). The van der Waals surface area contributed by atoms with E-state index in [1.807, 2.05) is 0 Å². The number of aryl methyl sites for hydroxylation is 1. The van der Waals surface area contributed by atoms with Crippen LogP contribution in [0.1, 0.15) is 5.56 Å². The fourth-order valence-electron chi connectivity index (χ4n) is 1.39. The number of hydrogen-bond acceptors (Lipinski definition) is 4. The SMILES string of the molecule is Cn1[nH]c(=O)c(=O)nc1SCc1cccc(F)c1Br. The Morgan fingerprint density at radius 2 is 2.21 bits per heavy atom. The molecule has 0 unspecified atom stereocenters. The molecule has 0 spiro atoms. The molecule has 0 saturated heterocycles. The highest BCUT2D eigenvalue weighted by Crippen LogP contribution is 2.26. The molecule has 0 aliphatic carbocycles. The molecule has 0 saturated carbocycles. The molecule has 1 aromatic heterocycles. The van der Waals surface area contributed by atoms with Gasteiger partial charge < -0.3 is 0 Å². The number of rotatable bonds is 3. The minimum absolute atomic E-state index is 0.346. The monoisotopic (exact) mass is 345 g/mol. The van der Waals surface area contributed by atoms with Gasteiger partial charge in [-0.2, -0.15) is 4.98 Å². The first-order valence-electron chi connectivity index (χ1n) is 5.22. The number of aromatic amines is 1. The molecule has 1 N–H and O–H groups in total. The number of aromatic nitrogens is 3. The second-order valence-corrected chi connectivity index (χ2v) is 5.44. The van der Waals surface area contributed by atoms with Gasteiger partial charge in [-0.1, -0.05) is 23.9 Å². The number of hydrogen-bond donors (Lipinski definition) is 1. The van der Waals surface area contributed by atoms with Gasteiger partial charge in [-0.25, -0.2) is 4.39 Å². The van der Waals surface area contributed by atoms with E-state index < -0.39 is 11.1 Å². The third-order valence-corrected chi connectivity index (χ3v) is 4.30. The number of nitrogens with one attached hydrogen (secondary N) is 1. The molecule has 5 nitrogen and oxygen atoms in total. The number of halogens is 2. The summed E-state index contributed by atoms with van der Waals surface area (Å²) in [6.07, 6.45) is 0. The zero-order chi connectivity index (χ0) is 14.0. The van der Waals surface area contributed by atoms with Crippen LogP contribution in [-0.4, -0.2) is 14.8 Å². The molecule has 1 heterocycles. The Balaban J connectivity index is 2.24. The third kappa shape index (κ3) is 3.13.